The van der Waals surface area contributed by atoms with Crippen LogP contribution in [0.2, 0.25) is 0 Å². The summed E-state index contributed by atoms with van der Waals surface area (Å²) < 4.78 is 54.5. The Morgan fingerprint density at radius 2 is 1.70 bits per heavy atom. The third-order valence-electron chi connectivity index (χ3n) is 0.883. The highest BCUT2D eigenvalue weighted by Crippen LogP contribution is 2.27. The molecule has 2 nitrogen and oxygen atoms in total. The second-order valence-corrected chi connectivity index (χ2v) is 4.61. The molecule has 0 aromatic heterocycles. The molecule has 0 amide bonds. The molecule has 0 rings (SSSR count). The summed E-state index contributed by atoms with van der Waals surface area (Å²) in [4.78, 5) is 0. The zero-order valence-corrected chi connectivity index (χ0v) is 6.39. The summed E-state index contributed by atoms with van der Waals surface area (Å²) in [7, 11) is -0.0928. The van der Waals surface area contributed by atoms with E-state index in [-0.39, 0.29) is 0 Å². The van der Waals surface area contributed by atoms with Crippen molar-refractivity contribution in [3.63, 3.8) is 0 Å². The first kappa shape index (κ1) is 10.0. The lowest BCUT2D eigenvalue weighted by molar-refractivity contribution is -0.126. The molecular weight excluding hydrogens is 193 g/mol. The normalized spacial score (nSPS) is 16.9. The second-order valence-electron chi connectivity index (χ2n) is 1.66. The Morgan fingerprint density at radius 1 is 1.40 bits per heavy atom. The van der Waals surface area contributed by atoms with E-state index in [2.05, 4.69) is 10.7 Å². The van der Waals surface area contributed by atoms with Crippen LogP contribution in [0.3, 0.4) is 0 Å². The maximum absolute atomic E-state index is 11.5. The Balaban J connectivity index is 4.56. The molecule has 0 saturated carbocycles. The van der Waals surface area contributed by atoms with Gasteiger partial charge in [0.05, 0.1) is 0 Å². The molecule has 0 radical (unpaired) electrons. The molecule has 10 heavy (non-hydrogen) atoms. The summed E-state index contributed by atoms with van der Waals surface area (Å²) in [6.45, 7) is 0.488. The predicted octanol–water partition coefficient (Wildman–Crippen LogP) is 1.51. The van der Waals surface area contributed by atoms with Gasteiger partial charge in [0.25, 0.3) is 0 Å². The van der Waals surface area contributed by atoms with Gasteiger partial charge in [0.15, 0.2) is 5.25 Å². The van der Waals surface area contributed by atoms with Crippen molar-refractivity contribution in [2.24, 2.45) is 0 Å². The minimum atomic E-state index is -4.78. The number of halogens is 4. The van der Waals surface area contributed by atoms with Crippen molar-refractivity contribution in [3.8, 4) is 0 Å². The number of hydrogen-bond donors (Lipinski definition) is 0. The van der Waals surface area contributed by atoms with Gasteiger partial charge in [-0.05, 0) is 6.92 Å². The smallest absolute Gasteiger partial charge is 0.212 e. The zero-order chi connectivity index (χ0) is 8.58. The monoisotopic (exact) mass is 196 g/mol. The predicted molar refractivity (Wildman–Crippen MR) is 30.3 cm³/mol. The Hall–Kier alpha value is 0.0300. The van der Waals surface area contributed by atoms with E-state index in [1.54, 1.807) is 0 Å². The van der Waals surface area contributed by atoms with Crippen molar-refractivity contribution in [1.29, 1.82) is 0 Å². The van der Waals surface area contributed by atoms with Crippen LogP contribution in [-0.4, -0.2) is 19.8 Å². The molecule has 0 saturated heterocycles. The maximum atomic E-state index is 11.5. The molecule has 0 aliphatic carbocycles. The van der Waals surface area contributed by atoms with E-state index in [1.165, 1.54) is 0 Å². The molecule has 0 N–H and O–H groups in total. The molecule has 0 spiro atoms. The molecule has 0 aliphatic heterocycles. The van der Waals surface area contributed by atoms with Gasteiger partial charge in [-0.15, -0.1) is 0 Å². The van der Waals surface area contributed by atoms with E-state index in [0.29, 0.717) is 6.92 Å². The third-order valence-corrected chi connectivity index (χ3v) is 2.80. The Morgan fingerprint density at radius 3 is 1.70 bits per heavy atom. The van der Waals surface area contributed by atoms with Gasteiger partial charge >= 0.3 is 6.18 Å². The van der Waals surface area contributed by atoms with Gasteiger partial charge < -0.3 is 0 Å². The van der Waals surface area contributed by atoms with Crippen molar-refractivity contribution in [3.05, 3.63) is 0 Å². The first-order valence-corrected chi connectivity index (χ1v) is 4.53. The number of hydrogen-bond acceptors (Lipinski definition) is 2. The lowest BCUT2D eigenvalue weighted by atomic mass is 10.5. The van der Waals surface area contributed by atoms with Crippen LogP contribution in [0.4, 0.5) is 13.2 Å². The van der Waals surface area contributed by atoms with Gasteiger partial charge in [0, 0.05) is 10.7 Å². The minimum Gasteiger partial charge on any atom is -0.212 e. The topological polar surface area (TPSA) is 34.1 Å². The maximum Gasteiger partial charge on any atom is 0.406 e. The minimum absolute atomic E-state index is 0.488. The van der Waals surface area contributed by atoms with Crippen LogP contribution >= 0.6 is 10.7 Å². The van der Waals surface area contributed by atoms with E-state index in [4.69, 9.17) is 0 Å². The first-order chi connectivity index (χ1) is 4.15. The highest BCUT2D eigenvalue weighted by molar-refractivity contribution is 8.14. The Bertz CT molecular complexity index is 206. The largest absolute Gasteiger partial charge is 0.406 e. The molecule has 0 bridgehead atoms. The van der Waals surface area contributed by atoms with Gasteiger partial charge in [-0.2, -0.15) is 13.2 Å². The summed E-state index contributed by atoms with van der Waals surface area (Å²) in [5.74, 6) is 0. The third kappa shape index (κ3) is 2.74. The highest BCUT2D eigenvalue weighted by Gasteiger charge is 2.44. The van der Waals surface area contributed by atoms with Crippen LogP contribution in [-0.2, 0) is 9.05 Å². The van der Waals surface area contributed by atoms with E-state index >= 15 is 0 Å². The van der Waals surface area contributed by atoms with E-state index < -0.39 is 20.5 Å². The van der Waals surface area contributed by atoms with Crippen molar-refractivity contribution < 1.29 is 21.6 Å². The molecule has 0 aliphatic rings. The molecule has 0 aromatic carbocycles. The molecule has 0 unspecified atom stereocenters. The van der Waals surface area contributed by atoms with Gasteiger partial charge in [-0.1, -0.05) is 0 Å². The van der Waals surface area contributed by atoms with Gasteiger partial charge in [-0.3, -0.25) is 0 Å². The van der Waals surface area contributed by atoms with Gasteiger partial charge in [0.2, 0.25) is 9.05 Å². The van der Waals surface area contributed by atoms with Gasteiger partial charge in [0.1, 0.15) is 0 Å². The molecule has 0 aromatic rings. The second kappa shape index (κ2) is 2.58. The fourth-order valence-corrected chi connectivity index (χ4v) is 0.782. The van der Waals surface area contributed by atoms with Gasteiger partial charge in [-0.25, -0.2) is 8.42 Å². The average molecular weight is 197 g/mol. The van der Waals surface area contributed by atoms with Crippen LogP contribution in [0.1, 0.15) is 6.92 Å². The molecule has 0 fully saturated rings. The molecule has 7 heteroatoms. The standard InChI is InChI=1S/C3H4ClF3O2S/c1-2(3(5,6)7)10(4,8)9/h2H,1H3/t2-/m1/s1. The molecule has 62 valence electrons. The molecule has 1 atom stereocenters. The summed E-state index contributed by atoms with van der Waals surface area (Å²) in [5, 5.41) is -2.50. The zero-order valence-electron chi connectivity index (χ0n) is 4.81. The van der Waals surface area contributed by atoms with E-state index in [0.717, 1.165) is 0 Å². The van der Waals surface area contributed by atoms with Crippen molar-refractivity contribution in [1.82, 2.24) is 0 Å². The van der Waals surface area contributed by atoms with Crippen LogP contribution in [0.5, 0.6) is 0 Å². The van der Waals surface area contributed by atoms with Crippen LogP contribution in [0.15, 0.2) is 0 Å². The number of rotatable bonds is 1. The number of alkyl halides is 3. The fraction of sp³-hybridized carbons (Fsp3) is 1.00. The van der Waals surface area contributed by atoms with E-state index in [1.807, 2.05) is 0 Å². The summed E-state index contributed by atoms with van der Waals surface area (Å²) in [5.41, 5.74) is 0. The lowest BCUT2D eigenvalue weighted by Crippen LogP contribution is -2.30. The van der Waals surface area contributed by atoms with Crippen LogP contribution in [0.25, 0.3) is 0 Å². The molecular formula is C3H4ClF3O2S. The first-order valence-electron chi connectivity index (χ1n) is 2.16. The van der Waals surface area contributed by atoms with Crippen molar-refractivity contribution >= 4 is 19.7 Å². The summed E-state index contributed by atoms with van der Waals surface area (Å²) in [6, 6.07) is 0. The van der Waals surface area contributed by atoms with Crippen LogP contribution < -0.4 is 0 Å². The van der Waals surface area contributed by atoms with E-state index in [9.17, 15) is 21.6 Å². The Kier molecular flexibility index (Phi) is 2.59. The average Bonchev–Trinajstić information content (AvgIpc) is 1.59. The Labute approximate surface area is 60.4 Å². The molecule has 0 heterocycles. The van der Waals surface area contributed by atoms with Crippen molar-refractivity contribution in [2.75, 3.05) is 0 Å². The SMILES string of the molecule is C[C@H](C(F)(F)F)S(=O)(=O)Cl. The lowest BCUT2D eigenvalue weighted by Gasteiger charge is -2.10. The quantitative estimate of drug-likeness (QED) is 0.596. The summed E-state index contributed by atoms with van der Waals surface area (Å²) >= 11 is 0. The highest BCUT2D eigenvalue weighted by atomic mass is 35.7. The summed E-state index contributed by atoms with van der Waals surface area (Å²) in [6.07, 6.45) is -4.78. The van der Waals surface area contributed by atoms with Crippen LogP contribution in [0, 0.1) is 0 Å². The fourth-order valence-electron chi connectivity index (χ4n) is 0.160. The van der Waals surface area contributed by atoms with Crippen molar-refractivity contribution in [2.45, 2.75) is 18.3 Å².